The number of aliphatic hydroxyl groups excluding tert-OH is 1. The summed E-state index contributed by atoms with van der Waals surface area (Å²) in [5.41, 5.74) is 8.97. The Morgan fingerprint density at radius 2 is 2.06 bits per heavy atom. The summed E-state index contributed by atoms with van der Waals surface area (Å²) in [6.07, 6.45) is 0.784. The standard InChI is InChI=1S/C13H22N2O/c1-10(2)15(7-4-8-16)12-6-5-11(3)13(14)9-12/h5-6,9-10,16H,4,7-8,14H2,1-3H3. The summed E-state index contributed by atoms with van der Waals surface area (Å²) in [5, 5.41) is 8.89. The minimum atomic E-state index is 0.227. The van der Waals surface area contributed by atoms with Crippen molar-refractivity contribution in [2.24, 2.45) is 0 Å². The lowest BCUT2D eigenvalue weighted by Gasteiger charge is -2.29. The first-order valence-electron chi connectivity index (χ1n) is 5.80. The van der Waals surface area contributed by atoms with Crippen LogP contribution >= 0.6 is 0 Å². The first kappa shape index (κ1) is 12.8. The molecule has 0 saturated carbocycles. The highest BCUT2D eigenvalue weighted by atomic mass is 16.3. The van der Waals surface area contributed by atoms with E-state index >= 15 is 0 Å². The van der Waals surface area contributed by atoms with Gasteiger partial charge in [-0.05, 0) is 44.9 Å². The largest absolute Gasteiger partial charge is 0.398 e. The Labute approximate surface area is 97.9 Å². The molecule has 90 valence electrons. The lowest BCUT2D eigenvalue weighted by Crippen LogP contribution is -2.32. The highest BCUT2D eigenvalue weighted by molar-refractivity contribution is 5.60. The molecule has 0 spiro atoms. The van der Waals surface area contributed by atoms with Crippen LogP contribution in [0.4, 0.5) is 11.4 Å². The summed E-state index contributed by atoms with van der Waals surface area (Å²) in [6.45, 7) is 7.38. The van der Waals surface area contributed by atoms with E-state index in [4.69, 9.17) is 10.8 Å². The molecular formula is C13H22N2O. The second-order valence-corrected chi connectivity index (χ2v) is 4.41. The number of hydrogen-bond donors (Lipinski definition) is 2. The van der Waals surface area contributed by atoms with E-state index in [9.17, 15) is 0 Å². The van der Waals surface area contributed by atoms with Gasteiger partial charge in [-0.25, -0.2) is 0 Å². The zero-order valence-corrected chi connectivity index (χ0v) is 10.4. The SMILES string of the molecule is Cc1ccc(N(CCCO)C(C)C)cc1N. The monoisotopic (exact) mass is 222 g/mol. The number of rotatable bonds is 5. The number of anilines is 2. The normalized spacial score (nSPS) is 10.8. The molecule has 16 heavy (non-hydrogen) atoms. The highest BCUT2D eigenvalue weighted by Crippen LogP contribution is 2.22. The highest BCUT2D eigenvalue weighted by Gasteiger charge is 2.10. The fourth-order valence-electron chi connectivity index (χ4n) is 1.73. The molecule has 0 aliphatic rings. The zero-order valence-electron chi connectivity index (χ0n) is 10.4. The molecule has 1 aromatic carbocycles. The number of nitrogen functional groups attached to an aromatic ring is 1. The average molecular weight is 222 g/mol. The molecule has 1 aromatic rings. The van der Waals surface area contributed by atoms with Crippen LogP contribution in [0, 0.1) is 6.92 Å². The van der Waals surface area contributed by atoms with Gasteiger partial charge in [-0.1, -0.05) is 6.07 Å². The van der Waals surface area contributed by atoms with Gasteiger partial charge in [0.1, 0.15) is 0 Å². The second kappa shape index (κ2) is 5.75. The van der Waals surface area contributed by atoms with Crippen LogP contribution < -0.4 is 10.6 Å². The summed E-state index contributed by atoms with van der Waals surface area (Å²) in [5.74, 6) is 0. The number of benzene rings is 1. The van der Waals surface area contributed by atoms with Crippen LogP contribution in [-0.2, 0) is 0 Å². The van der Waals surface area contributed by atoms with Crippen LogP contribution in [0.2, 0.25) is 0 Å². The van der Waals surface area contributed by atoms with Crippen LogP contribution in [0.5, 0.6) is 0 Å². The van der Waals surface area contributed by atoms with E-state index in [1.165, 1.54) is 0 Å². The second-order valence-electron chi connectivity index (χ2n) is 4.41. The molecule has 0 amide bonds. The van der Waals surface area contributed by atoms with Gasteiger partial charge in [0.2, 0.25) is 0 Å². The molecule has 3 N–H and O–H groups in total. The van der Waals surface area contributed by atoms with Gasteiger partial charge in [0.15, 0.2) is 0 Å². The van der Waals surface area contributed by atoms with Crippen molar-refractivity contribution in [3.8, 4) is 0 Å². The molecule has 0 atom stereocenters. The molecule has 0 heterocycles. The van der Waals surface area contributed by atoms with Crippen molar-refractivity contribution < 1.29 is 5.11 Å². The van der Waals surface area contributed by atoms with Crippen molar-refractivity contribution in [3.05, 3.63) is 23.8 Å². The third-order valence-corrected chi connectivity index (χ3v) is 2.77. The van der Waals surface area contributed by atoms with E-state index in [1.807, 2.05) is 19.1 Å². The van der Waals surface area contributed by atoms with Crippen molar-refractivity contribution in [2.45, 2.75) is 33.2 Å². The van der Waals surface area contributed by atoms with Crippen LogP contribution in [0.15, 0.2) is 18.2 Å². The van der Waals surface area contributed by atoms with Crippen molar-refractivity contribution >= 4 is 11.4 Å². The van der Waals surface area contributed by atoms with Gasteiger partial charge in [-0.3, -0.25) is 0 Å². The van der Waals surface area contributed by atoms with Gasteiger partial charge in [-0.2, -0.15) is 0 Å². The third-order valence-electron chi connectivity index (χ3n) is 2.77. The predicted octanol–water partition coefficient (Wildman–Crippen LogP) is 2.17. The molecule has 0 radical (unpaired) electrons. The predicted molar refractivity (Wildman–Crippen MR) is 69.8 cm³/mol. The maximum Gasteiger partial charge on any atom is 0.0447 e. The van der Waals surface area contributed by atoms with Crippen LogP contribution in [-0.4, -0.2) is 24.3 Å². The maximum atomic E-state index is 8.89. The summed E-state index contributed by atoms with van der Waals surface area (Å²) in [4.78, 5) is 2.26. The minimum Gasteiger partial charge on any atom is -0.398 e. The Hall–Kier alpha value is -1.22. The number of hydrogen-bond acceptors (Lipinski definition) is 3. The molecule has 0 saturated heterocycles. The molecule has 0 unspecified atom stereocenters. The molecular weight excluding hydrogens is 200 g/mol. The van der Waals surface area contributed by atoms with E-state index in [1.54, 1.807) is 0 Å². The van der Waals surface area contributed by atoms with Gasteiger partial charge in [-0.15, -0.1) is 0 Å². The number of aliphatic hydroxyl groups is 1. The lowest BCUT2D eigenvalue weighted by molar-refractivity contribution is 0.288. The fraction of sp³-hybridized carbons (Fsp3) is 0.538. The Balaban J connectivity index is 2.88. The molecule has 0 aromatic heterocycles. The van der Waals surface area contributed by atoms with Gasteiger partial charge in [0.25, 0.3) is 0 Å². The van der Waals surface area contributed by atoms with E-state index < -0.39 is 0 Å². The number of aryl methyl sites for hydroxylation is 1. The minimum absolute atomic E-state index is 0.227. The Bertz CT molecular complexity index is 337. The Morgan fingerprint density at radius 1 is 1.38 bits per heavy atom. The summed E-state index contributed by atoms with van der Waals surface area (Å²) < 4.78 is 0. The van der Waals surface area contributed by atoms with E-state index in [-0.39, 0.29) is 6.61 Å². The van der Waals surface area contributed by atoms with Gasteiger partial charge in [0.05, 0.1) is 0 Å². The average Bonchev–Trinajstić information content (AvgIpc) is 2.23. The topological polar surface area (TPSA) is 49.5 Å². The number of nitrogens with zero attached hydrogens (tertiary/aromatic N) is 1. The molecule has 0 fully saturated rings. The molecule has 0 bridgehead atoms. The summed E-state index contributed by atoms with van der Waals surface area (Å²) >= 11 is 0. The molecule has 3 nitrogen and oxygen atoms in total. The Morgan fingerprint density at radius 3 is 2.56 bits per heavy atom. The van der Waals surface area contributed by atoms with Crippen molar-refractivity contribution in [2.75, 3.05) is 23.8 Å². The van der Waals surface area contributed by atoms with Gasteiger partial charge < -0.3 is 15.7 Å². The van der Waals surface area contributed by atoms with Crippen LogP contribution in [0.25, 0.3) is 0 Å². The quantitative estimate of drug-likeness (QED) is 0.751. The van der Waals surface area contributed by atoms with Crippen molar-refractivity contribution in [3.63, 3.8) is 0 Å². The lowest BCUT2D eigenvalue weighted by atomic mass is 10.1. The molecule has 0 aliphatic heterocycles. The van der Waals surface area contributed by atoms with E-state index in [2.05, 4.69) is 24.8 Å². The molecule has 3 heteroatoms. The summed E-state index contributed by atoms with van der Waals surface area (Å²) in [7, 11) is 0. The van der Waals surface area contributed by atoms with Crippen LogP contribution in [0.3, 0.4) is 0 Å². The molecule has 0 aliphatic carbocycles. The van der Waals surface area contributed by atoms with Gasteiger partial charge >= 0.3 is 0 Å². The first-order valence-corrected chi connectivity index (χ1v) is 5.80. The van der Waals surface area contributed by atoms with Crippen molar-refractivity contribution in [1.82, 2.24) is 0 Å². The smallest absolute Gasteiger partial charge is 0.0447 e. The van der Waals surface area contributed by atoms with Gasteiger partial charge in [0, 0.05) is 30.6 Å². The fourth-order valence-corrected chi connectivity index (χ4v) is 1.73. The maximum absolute atomic E-state index is 8.89. The summed E-state index contributed by atoms with van der Waals surface area (Å²) in [6, 6.07) is 6.54. The first-order chi connectivity index (χ1) is 7.56. The van der Waals surface area contributed by atoms with E-state index in [0.29, 0.717) is 6.04 Å². The van der Waals surface area contributed by atoms with E-state index in [0.717, 1.165) is 29.9 Å². The zero-order chi connectivity index (χ0) is 12.1. The third kappa shape index (κ3) is 3.14. The van der Waals surface area contributed by atoms with Crippen LogP contribution in [0.1, 0.15) is 25.8 Å². The molecule has 1 rings (SSSR count). The van der Waals surface area contributed by atoms with Crippen molar-refractivity contribution in [1.29, 1.82) is 0 Å². The number of nitrogens with two attached hydrogens (primary N) is 1. The Kier molecular flexibility index (Phi) is 4.62.